The summed E-state index contributed by atoms with van der Waals surface area (Å²) in [5, 5.41) is 0. The predicted molar refractivity (Wildman–Crippen MR) is 279 cm³/mol. The van der Waals surface area contributed by atoms with Crippen LogP contribution in [0.15, 0.2) is 85.1 Å². The van der Waals surface area contributed by atoms with Crippen molar-refractivity contribution < 1.29 is 28.6 Å². The van der Waals surface area contributed by atoms with Crippen molar-refractivity contribution in [3.8, 4) is 0 Å². The van der Waals surface area contributed by atoms with E-state index in [-0.39, 0.29) is 31.1 Å². The lowest BCUT2D eigenvalue weighted by Gasteiger charge is -2.18. The highest BCUT2D eigenvalue weighted by Crippen LogP contribution is 2.14. The maximum absolute atomic E-state index is 12.8. The molecule has 0 aliphatic rings. The molecule has 0 saturated carbocycles. The highest BCUT2D eigenvalue weighted by atomic mass is 16.6. The quantitative estimate of drug-likeness (QED) is 0.0262. The Morgan fingerprint density at radius 3 is 0.985 bits per heavy atom. The fourth-order valence-corrected chi connectivity index (χ4v) is 7.28. The first-order valence-corrected chi connectivity index (χ1v) is 27.1. The number of rotatable bonds is 48. The van der Waals surface area contributed by atoms with Crippen molar-refractivity contribution in [1.29, 1.82) is 0 Å². The van der Waals surface area contributed by atoms with Gasteiger partial charge in [-0.05, 0) is 116 Å². The summed E-state index contributed by atoms with van der Waals surface area (Å²) in [6.07, 6.45) is 68.5. The Morgan fingerprint density at radius 2 is 0.600 bits per heavy atom. The molecule has 0 bridgehead atoms. The number of unbranched alkanes of at least 4 members (excludes halogenated alkanes) is 23. The molecular weight excluding hydrogens is 805 g/mol. The molecule has 0 rings (SSSR count). The Bertz CT molecular complexity index is 1270. The lowest BCUT2D eigenvalue weighted by atomic mass is 10.1. The number of carbonyl (C=O) groups is 3. The summed E-state index contributed by atoms with van der Waals surface area (Å²) < 4.78 is 16.8. The van der Waals surface area contributed by atoms with Crippen LogP contribution in [0.5, 0.6) is 0 Å². The standard InChI is InChI=1S/C59H100O6/c1-4-7-10-13-16-19-22-25-28-29-32-34-37-40-43-46-49-52-58(61)64-55-56(65-59(62)53-50-47-44-41-38-35-31-27-24-21-18-15-12-9-6-3)54-63-57(60)51-48-45-42-39-36-33-30-26-23-20-17-14-11-8-5-2/h7,10,16-17,19-20,25-28,30-32,34,56H,4-6,8-9,11-15,18,21-24,29,33,35-55H2,1-3H3/b10-7-,19-16-,20-17-,28-25-,30-26-,31-27-,34-32-/t56-/m0/s1. The van der Waals surface area contributed by atoms with Crippen molar-refractivity contribution in [1.82, 2.24) is 0 Å². The summed E-state index contributed by atoms with van der Waals surface area (Å²) in [6, 6.07) is 0. The van der Waals surface area contributed by atoms with Gasteiger partial charge in [-0.3, -0.25) is 14.4 Å². The van der Waals surface area contributed by atoms with Crippen molar-refractivity contribution in [2.45, 2.75) is 258 Å². The molecule has 6 heteroatoms. The third-order valence-corrected chi connectivity index (χ3v) is 11.4. The van der Waals surface area contributed by atoms with Crippen molar-refractivity contribution in [2.75, 3.05) is 13.2 Å². The number of carbonyl (C=O) groups excluding carboxylic acids is 3. The average molecular weight is 905 g/mol. The molecule has 0 spiro atoms. The first-order chi connectivity index (χ1) is 32.0. The largest absolute Gasteiger partial charge is 0.462 e. The normalized spacial score (nSPS) is 12.7. The minimum absolute atomic E-state index is 0.0954. The molecule has 0 unspecified atom stereocenters. The van der Waals surface area contributed by atoms with E-state index in [9.17, 15) is 14.4 Å². The van der Waals surface area contributed by atoms with E-state index in [1.807, 2.05) is 0 Å². The number of esters is 3. The van der Waals surface area contributed by atoms with Gasteiger partial charge in [-0.2, -0.15) is 0 Å². The topological polar surface area (TPSA) is 78.9 Å². The van der Waals surface area contributed by atoms with E-state index in [4.69, 9.17) is 14.2 Å². The van der Waals surface area contributed by atoms with E-state index in [0.717, 1.165) is 135 Å². The van der Waals surface area contributed by atoms with Crippen LogP contribution in [0.3, 0.4) is 0 Å². The second-order valence-corrected chi connectivity index (χ2v) is 17.7. The molecule has 0 aliphatic carbocycles. The van der Waals surface area contributed by atoms with Crippen LogP contribution < -0.4 is 0 Å². The predicted octanol–water partition coefficient (Wildman–Crippen LogP) is 18.0. The molecular formula is C59H100O6. The van der Waals surface area contributed by atoms with Crippen molar-refractivity contribution in [3.63, 3.8) is 0 Å². The molecule has 6 nitrogen and oxygen atoms in total. The average Bonchev–Trinajstić information content (AvgIpc) is 3.30. The number of ether oxygens (including phenoxy) is 3. The highest BCUT2D eigenvalue weighted by molar-refractivity contribution is 5.71. The number of allylic oxidation sites excluding steroid dienone is 14. The maximum Gasteiger partial charge on any atom is 0.306 e. The van der Waals surface area contributed by atoms with Gasteiger partial charge in [0.1, 0.15) is 13.2 Å². The number of hydrogen-bond donors (Lipinski definition) is 0. The van der Waals surface area contributed by atoms with Crippen molar-refractivity contribution in [2.24, 2.45) is 0 Å². The summed E-state index contributed by atoms with van der Waals surface area (Å²) in [5.74, 6) is -0.939. The van der Waals surface area contributed by atoms with Gasteiger partial charge in [0.2, 0.25) is 0 Å². The van der Waals surface area contributed by atoms with E-state index >= 15 is 0 Å². The molecule has 1 atom stereocenters. The van der Waals surface area contributed by atoms with E-state index < -0.39 is 6.10 Å². The maximum atomic E-state index is 12.8. The van der Waals surface area contributed by atoms with Gasteiger partial charge in [0, 0.05) is 19.3 Å². The Kier molecular flexibility index (Phi) is 50.4. The van der Waals surface area contributed by atoms with Gasteiger partial charge in [0.25, 0.3) is 0 Å². The molecule has 0 aromatic heterocycles. The fourth-order valence-electron chi connectivity index (χ4n) is 7.28. The van der Waals surface area contributed by atoms with Crippen molar-refractivity contribution in [3.05, 3.63) is 85.1 Å². The fraction of sp³-hybridized carbons (Fsp3) is 0.712. The summed E-state index contributed by atoms with van der Waals surface area (Å²) in [4.78, 5) is 38.1. The first kappa shape index (κ1) is 61.6. The molecule has 0 radical (unpaired) electrons. The molecule has 0 saturated heterocycles. The first-order valence-electron chi connectivity index (χ1n) is 27.1. The Balaban J connectivity index is 4.47. The summed E-state index contributed by atoms with van der Waals surface area (Å²) >= 11 is 0. The minimum atomic E-state index is -0.797. The van der Waals surface area contributed by atoms with Crippen LogP contribution in [0.1, 0.15) is 252 Å². The zero-order valence-electron chi connectivity index (χ0n) is 42.5. The van der Waals surface area contributed by atoms with Gasteiger partial charge in [-0.15, -0.1) is 0 Å². The zero-order chi connectivity index (χ0) is 47.2. The summed E-state index contributed by atoms with van der Waals surface area (Å²) in [6.45, 7) is 6.46. The monoisotopic (exact) mass is 905 g/mol. The van der Waals surface area contributed by atoms with E-state index in [2.05, 4.69) is 106 Å². The molecule has 0 N–H and O–H groups in total. The van der Waals surface area contributed by atoms with Gasteiger partial charge in [0.15, 0.2) is 6.10 Å². The van der Waals surface area contributed by atoms with Crippen LogP contribution in [0.25, 0.3) is 0 Å². The van der Waals surface area contributed by atoms with Gasteiger partial charge in [-0.25, -0.2) is 0 Å². The van der Waals surface area contributed by atoms with Crippen molar-refractivity contribution >= 4 is 17.9 Å². The molecule has 0 aromatic rings. The van der Waals surface area contributed by atoms with Crippen LogP contribution in [0.4, 0.5) is 0 Å². The van der Waals surface area contributed by atoms with E-state index in [0.29, 0.717) is 19.3 Å². The Labute approximate surface area is 401 Å². The summed E-state index contributed by atoms with van der Waals surface area (Å²) in [5.41, 5.74) is 0. The third-order valence-electron chi connectivity index (χ3n) is 11.4. The second kappa shape index (κ2) is 53.2. The molecule has 0 aromatic carbocycles. The summed E-state index contributed by atoms with van der Waals surface area (Å²) in [7, 11) is 0. The molecule has 0 amide bonds. The smallest absolute Gasteiger partial charge is 0.306 e. The zero-order valence-corrected chi connectivity index (χ0v) is 42.5. The second-order valence-electron chi connectivity index (χ2n) is 17.7. The van der Waals surface area contributed by atoms with Crippen LogP contribution >= 0.6 is 0 Å². The lowest BCUT2D eigenvalue weighted by molar-refractivity contribution is -0.167. The lowest BCUT2D eigenvalue weighted by Crippen LogP contribution is -2.30. The molecule has 372 valence electrons. The van der Waals surface area contributed by atoms with Gasteiger partial charge >= 0.3 is 17.9 Å². The molecule has 0 heterocycles. The van der Waals surface area contributed by atoms with E-state index in [1.54, 1.807) is 0 Å². The van der Waals surface area contributed by atoms with Gasteiger partial charge < -0.3 is 14.2 Å². The highest BCUT2D eigenvalue weighted by Gasteiger charge is 2.19. The third kappa shape index (κ3) is 51.4. The Morgan fingerprint density at radius 1 is 0.323 bits per heavy atom. The number of hydrogen-bond acceptors (Lipinski definition) is 6. The molecule has 65 heavy (non-hydrogen) atoms. The Hall–Kier alpha value is -3.41. The molecule has 0 fully saturated rings. The SMILES string of the molecule is CC/C=C\C/C=C\C/C=C\C/C=C\CCCCCCC(=O)OC[C@H](COC(=O)CCCCCCC/C=C\C/C=C\CCCCC)OC(=O)CCCCCCC/C=C\CCCCCCCC. The van der Waals surface area contributed by atoms with E-state index in [1.165, 1.54) is 77.0 Å². The van der Waals surface area contributed by atoms with Gasteiger partial charge in [0.05, 0.1) is 0 Å². The molecule has 0 aliphatic heterocycles. The minimum Gasteiger partial charge on any atom is -0.462 e. The van der Waals surface area contributed by atoms with Gasteiger partial charge in [-0.1, -0.05) is 202 Å². The van der Waals surface area contributed by atoms with Crippen LogP contribution in [0, 0.1) is 0 Å². The van der Waals surface area contributed by atoms with Crippen LogP contribution in [-0.2, 0) is 28.6 Å². The van der Waals surface area contributed by atoms with Crippen LogP contribution in [-0.4, -0.2) is 37.2 Å². The van der Waals surface area contributed by atoms with Crippen LogP contribution in [0.2, 0.25) is 0 Å².